The molecule has 0 radical (unpaired) electrons. The SMILES string of the molecule is N#CC1(C(=O)NCCCCC(F)(F)F)CCCC1. The van der Waals surface area contributed by atoms with Gasteiger partial charge in [-0.15, -0.1) is 0 Å². The van der Waals surface area contributed by atoms with E-state index < -0.39 is 18.0 Å². The number of nitrogens with one attached hydrogen (secondary N) is 1. The molecule has 1 saturated carbocycles. The van der Waals surface area contributed by atoms with E-state index in [2.05, 4.69) is 11.4 Å². The molecule has 0 saturated heterocycles. The van der Waals surface area contributed by atoms with Gasteiger partial charge in [0, 0.05) is 13.0 Å². The fourth-order valence-electron chi connectivity index (χ4n) is 2.19. The Morgan fingerprint density at radius 2 is 1.89 bits per heavy atom. The lowest BCUT2D eigenvalue weighted by atomic mass is 9.87. The van der Waals surface area contributed by atoms with Gasteiger partial charge in [0.2, 0.25) is 5.91 Å². The van der Waals surface area contributed by atoms with Crippen molar-refractivity contribution in [1.82, 2.24) is 5.32 Å². The minimum atomic E-state index is -4.14. The van der Waals surface area contributed by atoms with E-state index in [1.807, 2.05) is 0 Å². The first-order chi connectivity index (χ1) is 8.40. The predicted molar refractivity (Wildman–Crippen MR) is 59.4 cm³/mol. The van der Waals surface area contributed by atoms with Crippen LogP contribution in [0.2, 0.25) is 0 Å². The van der Waals surface area contributed by atoms with E-state index in [1.54, 1.807) is 0 Å². The Hall–Kier alpha value is -1.25. The molecule has 1 N–H and O–H groups in total. The average molecular weight is 262 g/mol. The molecule has 0 aromatic rings. The monoisotopic (exact) mass is 262 g/mol. The Morgan fingerprint density at radius 1 is 1.28 bits per heavy atom. The van der Waals surface area contributed by atoms with Gasteiger partial charge >= 0.3 is 6.18 Å². The Balaban J connectivity index is 2.23. The minimum Gasteiger partial charge on any atom is -0.355 e. The molecule has 0 aromatic heterocycles. The average Bonchev–Trinajstić information content (AvgIpc) is 2.76. The minimum absolute atomic E-state index is 0.00331. The molecule has 0 atom stereocenters. The van der Waals surface area contributed by atoms with Crippen molar-refractivity contribution in [3.63, 3.8) is 0 Å². The van der Waals surface area contributed by atoms with Crippen LogP contribution in [0.15, 0.2) is 0 Å². The normalized spacial score (nSPS) is 18.3. The maximum atomic E-state index is 11.9. The zero-order chi connectivity index (χ0) is 13.6. The van der Waals surface area contributed by atoms with Gasteiger partial charge < -0.3 is 5.32 Å². The van der Waals surface area contributed by atoms with Gasteiger partial charge in [0.15, 0.2) is 0 Å². The first-order valence-electron chi connectivity index (χ1n) is 6.16. The van der Waals surface area contributed by atoms with Crippen molar-refractivity contribution in [2.45, 2.75) is 51.1 Å². The van der Waals surface area contributed by atoms with Gasteiger partial charge in [-0.2, -0.15) is 18.4 Å². The molecule has 1 amide bonds. The second kappa shape index (κ2) is 6.07. The molecular formula is C12H17F3N2O. The predicted octanol–water partition coefficient (Wildman–Crippen LogP) is 2.92. The van der Waals surface area contributed by atoms with Crippen molar-refractivity contribution < 1.29 is 18.0 Å². The van der Waals surface area contributed by atoms with Gasteiger partial charge in [-0.25, -0.2) is 0 Å². The van der Waals surface area contributed by atoms with Crippen LogP contribution < -0.4 is 5.32 Å². The van der Waals surface area contributed by atoms with Crippen LogP contribution in [0.5, 0.6) is 0 Å². The zero-order valence-electron chi connectivity index (χ0n) is 10.1. The van der Waals surface area contributed by atoms with Crippen LogP contribution in [0.1, 0.15) is 44.9 Å². The Morgan fingerprint density at radius 3 is 2.39 bits per heavy atom. The standard InChI is InChI=1S/C12H17F3N2O/c13-12(14,15)7-3-4-8-17-10(18)11(9-16)5-1-2-6-11/h1-8H2,(H,17,18). The summed E-state index contributed by atoms with van der Waals surface area (Å²) in [6, 6.07) is 2.05. The summed E-state index contributed by atoms with van der Waals surface area (Å²) in [5.74, 6) is -0.325. The van der Waals surface area contributed by atoms with Crippen molar-refractivity contribution in [3.05, 3.63) is 0 Å². The lowest BCUT2D eigenvalue weighted by molar-refractivity contribution is -0.135. The van der Waals surface area contributed by atoms with Crippen LogP contribution >= 0.6 is 0 Å². The number of rotatable bonds is 5. The molecule has 0 heterocycles. The largest absolute Gasteiger partial charge is 0.389 e. The number of hydrogen-bond donors (Lipinski definition) is 1. The number of nitriles is 1. The molecule has 0 aromatic carbocycles. The van der Waals surface area contributed by atoms with Gasteiger partial charge in [0.05, 0.1) is 6.07 Å². The number of carbonyl (C=O) groups excluding carboxylic acids is 1. The smallest absolute Gasteiger partial charge is 0.355 e. The van der Waals surface area contributed by atoms with Crippen LogP contribution in [-0.4, -0.2) is 18.6 Å². The van der Waals surface area contributed by atoms with Crippen LogP contribution in [0.3, 0.4) is 0 Å². The number of hydrogen-bond acceptors (Lipinski definition) is 2. The van der Waals surface area contributed by atoms with Crippen LogP contribution in [0.4, 0.5) is 13.2 Å². The maximum absolute atomic E-state index is 11.9. The third-order valence-electron chi connectivity index (χ3n) is 3.28. The highest BCUT2D eigenvalue weighted by molar-refractivity contribution is 5.85. The molecule has 1 aliphatic rings. The quantitative estimate of drug-likeness (QED) is 0.774. The molecule has 0 unspecified atom stereocenters. The van der Waals surface area contributed by atoms with Crippen LogP contribution in [-0.2, 0) is 4.79 Å². The van der Waals surface area contributed by atoms with Gasteiger partial charge in [-0.3, -0.25) is 4.79 Å². The highest BCUT2D eigenvalue weighted by atomic mass is 19.4. The molecule has 18 heavy (non-hydrogen) atoms. The molecule has 1 fully saturated rings. The number of nitrogens with zero attached hydrogens (tertiary/aromatic N) is 1. The van der Waals surface area contributed by atoms with Gasteiger partial charge in [0.1, 0.15) is 5.41 Å². The molecule has 0 aliphatic heterocycles. The molecule has 3 nitrogen and oxygen atoms in total. The summed E-state index contributed by atoms with van der Waals surface area (Å²) < 4.78 is 35.6. The summed E-state index contributed by atoms with van der Waals surface area (Å²) >= 11 is 0. The molecule has 1 aliphatic carbocycles. The Kier molecular flexibility index (Phi) is 5.00. The molecule has 0 bridgehead atoms. The summed E-state index contributed by atoms with van der Waals surface area (Å²) in [5.41, 5.74) is -0.940. The number of alkyl halides is 3. The van der Waals surface area contributed by atoms with E-state index in [4.69, 9.17) is 5.26 Å². The van der Waals surface area contributed by atoms with E-state index in [0.29, 0.717) is 12.8 Å². The van der Waals surface area contributed by atoms with Crippen molar-refractivity contribution in [1.29, 1.82) is 5.26 Å². The highest BCUT2D eigenvalue weighted by Crippen LogP contribution is 2.37. The lowest BCUT2D eigenvalue weighted by Crippen LogP contribution is -2.38. The van der Waals surface area contributed by atoms with E-state index >= 15 is 0 Å². The van der Waals surface area contributed by atoms with E-state index in [-0.39, 0.29) is 25.3 Å². The maximum Gasteiger partial charge on any atom is 0.389 e. The summed E-state index contributed by atoms with van der Waals surface area (Å²) in [4.78, 5) is 11.8. The van der Waals surface area contributed by atoms with Crippen molar-refractivity contribution in [3.8, 4) is 6.07 Å². The second-order valence-electron chi connectivity index (χ2n) is 4.73. The van der Waals surface area contributed by atoms with Gasteiger partial charge in [-0.1, -0.05) is 12.8 Å². The topological polar surface area (TPSA) is 52.9 Å². The van der Waals surface area contributed by atoms with Gasteiger partial charge in [-0.05, 0) is 25.7 Å². The van der Waals surface area contributed by atoms with Crippen molar-refractivity contribution in [2.75, 3.05) is 6.54 Å². The summed E-state index contributed by atoms with van der Waals surface area (Å²) in [6.07, 6.45) is -1.86. The molecule has 6 heteroatoms. The molecular weight excluding hydrogens is 245 g/mol. The number of unbranched alkanes of at least 4 members (excludes halogenated alkanes) is 1. The zero-order valence-corrected chi connectivity index (χ0v) is 10.1. The first kappa shape index (κ1) is 14.8. The van der Waals surface area contributed by atoms with E-state index in [0.717, 1.165) is 12.8 Å². The lowest BCUT2D eigenvalue weighted by Gasteiger charge is -2.19. The first-order valence-corrected chi connectivity index (χ1v) is 6.16. The fraction of sp³-hybridized carbons (Fsp3) is 0.833. The molecule has 1 rings (SSSR count). The highest BCUT2D eigenvalue weighted by Gasteiger charge is 2.41. The number of carbonyl (C=O) groups is 1. The molecule has 102 valence electrons. The fourth-order valence-corrected chi connectivity index (χ4v) is 2.19. The van der Waals surface area contributed by atoms with E-state index in [1.165, 1.54) is 0 Å². The Bertz CT molecular complexity index is 327. The number of halogens is 3. The van der Waals surface area contributed by atoms with E-state index in [9.17, 15) is 18.0 Å². The second-order valence-corrected chi connectivity index (χ2v) is 4.73. The van der Waals surface area contributed by atoms with Gasteiger partial charge in [0.25, 0.3) is 0 Å². The molecule has 0 spiro atoms. The van der Waals surface area contributed by atoms with Crippen LogP contribution in [0.25, 0.3) is 0 Å². The van der Waals surface area contributed by atoms with Crippen LogP contribution in [0, 0.1) is 16.7 Å². The summed E-state index contributed by atoms with van der Waals surface area (Å²) in [6.45, 7) is 0.207. The third kappa shape index (κ3) is 4.21. The Labute approximate surface area is 104 Å². The third-order valence-corrected chi connectivity index (χ3v) is 3.28. The van der Waals surface area contributed by atoms with Crippen molar-refractivity contribution >= 4 is 5.91 Å². The summed E-state index contributed by atoms with van der Waals surface area (Å²) in [7, 11) is 0. The summed E-state index contributed by atoms with van der Waals surface area (Å²) in [5, 5.41) is 11.6. The van der Waals surface area contributed by atoms with Crippen molar-refractivity contribution in [2.24, 2.45) is 5.41 Å². The number of amides is 1.